The summed E-state index contributed by atoms with van der Waals surface area (Å²) < 4.78 is 0. The third-order valence-corrected chi connectivity index (χ3v) is 4.28. The number of nitrogens with one attached hydrogen (secondary N) is 2. The lowest BCUT2D eigenvalue weighted by Gasteiger charge is -2.37. The molecule has 1 heterocycles. The number of hydrogen-bond donors (Lipinski definition) is 2. The minimum Gasteiger partial charge on any atom is -0.326 e. The molecule has 0 spiro atoms. The average Bonchev–Trinajstić information content (AvgIpc) is 2.41. The number of anilines is 1. The number of hydrogen-bond acceptors (Lipinski definition) is 3. The van der Waals surface area contributed by atoms with E-state index in [0.717, 1.165) is 18.8 Å². The number of amides is 1. The van der Waals surface area contributed by atoms with Crippen molar-refractivity contribution in [1.82, 2.24) is 10.2 Å². The van der Waals surface area contributed by atoms with Gasteiger partial charge in [-0.15, -0.1) is 0 Å². The Kier molecular flexibility index (Phi) is 5.37. The van der Waals surface area contributed by atoms with E-state index in [2.05, 4.69) is 48.6 Å². The minimum absolute atomic E-state index is 0.0308. The van der Waals surface area contributed by atoms with E-state index in [1.807, 2.05) is 12.1 Å². The molecule has 1 aliphatic heterocycles. The number of benzene rings is 1. The van der Waals surface area contributed by atoms with Crippen molar-refractivity contribution >= 4 is 11.6 Å². The second-order valence-electron chi connectivity index (χ2n) is 6.33. The summed E-state index contributed by atoms with van der Waals surface area (Å²) in [5.74, 6) is 0.626. The molecule has 2 rings (SSSR count). The van der Waals surface area contributed by atoms with E-state index in [-0.39, 0.29) is 11.9 Å². The van der Waals surface area contributed by atoms with Gasteiger partial charge in [-0.2, -0.15) is 0 Å². The van der Waals surface area contributed by atoms with Crippen LogP contribution >= 0.6 is 0 Å². The summed E-state index contributed by atoms with van der Waals surface area (Å²) in [6, 6.07) is 8.93. The highest BCUT2D eigenvalue weighted by Gasteiger charge is 2.25. The van der Waals surface area contributed by atoms with Gasteiger partial charge in [0.15, 0.2) is 0 Å². The van der Waals surface area contributed by atoms with Crippen LogP contribution in [0.3, 0.4) is 0 Å². The van der Waals surface area contributed by atoms with E-state index in [9.17, 15) is 4.79 Å². The summed E-state index contributed by atoms with van der Waals surface area (Å²) in [6.07, 6.45) is 1.19. The third-order valence-electron chi connectivity index (χ3n) is 4.28. The van der Waals surface area contributed by atoms with Crippen LogP contribution in [0.4, 0.5) is 5.69 Å². The molecule has 1 aromatic carbocycles. The second-order valence-corrected chi connectivity index (χ2v) is 6.33. The number of likely N-dealkylation sites (tertiary alicyclic amines) is 1. The highest BCUT2D eigenvalue weighted by Crippen LogP contribution is 2.22. The number of carbonyl (C=O) groups excluding carboxylic acids is 1. The summed E-state index contributed by atoms with van der Waals surface area (Å²) in [5, 5.41) is 6.59. The Hall–Kier alpha value is -1.39. The smallest absolute Gasteiger partial charge is 0.221 e. The fraction of sp³-hybridized carbons (Fsp3) is 0.588. The van der Waals surface area contributed by atoms with Crippen molar-refractivity contribution in [1.29, 1.82) is 0 Å². The number of carbonyl (C=O) groups is 1. The molecule has 3 atom stereocenters. The van der Waals surface area contributed by atoms with Crippen molar-refractivity contribution in [2.45, 2.75) is 39.3 Å². The highest BCUT2D eigenvalue weighted by molar-refractivity contribution is 5.88. The maximum absolute atomic E-state index is 11.2. The van der Waals surface area contributed by atoms with E-state index < -0.39 is 0 Å². The molecule has 1 aromatic rings. The van der Waals surface area contributed by atoms with E-state index >= 15 is 0 Å². The second kappa shape index (κ2) is 7.05. The van der Waals surface area contributed by atoms with Gasteiger partial charge in [-0.05, 0) is 50.6 Å². The molecule has 4 heteroatoms. The van der Waals surface area contributed by atoms with Crippen LogP contribution < -0.4 is 10.6 Å². The molecule has 1 amide bonds. The Morgan fingerprint density at radius 1 is 1.43 bits per heavy atom. The highest BCUT2D eigenvalue weighted by atomic mass is 16.1. The van der Waals surface area contributed by atoms with Gasteiger partial charge in [0.1, 0.15) is 0 Å². The summed E-state index contributed by atoms with van der Waals surface area (Å²) >= 11 is 0. The average molecular weight is 289 g/mol. The molecule has 0 aromatic heterocycles. The molecule has 0 aliphatic carbocycles. The molecule has 1 aliphatic rings. The fourth-order valence-electron chi connectivity index (χ4n) is 3.11. The van der Waals surface area contributed by atoms with Gasteiger partial charge in [-0.3, -0.25) is 4.79 Å². The Morgan fingerprint density at radius 3 is 2.86 bits per heavy atom. The van der Waals surface area contributed by atoms with Crippen molar-refractivity contribution < 1.29 is 4.79 Å². The van der Waals surface area contributed by atoms with Crippen molar-refractivity contribution in [2.24, 2.45) is 5.92 Å². The molecule has 1 saturated heterocycles. The zero-order chi connectivity index (χ0) is 15.4. The van der Waals surface area contributed by atoms with Crippen LogP contribution in [0, 0.1) is 5.92 Å². The molecule has 1 fully saturated rings. The lowest BCUT2D eigenvalue weighted by molar-refractivity contribution is -0.114. The van der Waals surface area contributed by atoms with Gasteiger partial charge in [0, 0.05) is 31.2 Å². The molecule has 0 bridgehead atoms. The van der Waals surface area contributed by atoms with Gasteiger partial charge < -0.3 is 15.5 Å². The van der Waals surface area contributed by atoms with E-state index in [1.54, 1.807) is 0 Å². The standard InChI is InChI=1S/C17H27N3O/c1-12-11-20(4)9-8-17(12)18-13(2)15-6-5-7-16(10-15)19-14(3)21/h5-7,10,12-13,17-18H,8-9,11H2,1-4H3,(H,19,21). The molecule has 0 radical (unpaired) electrons. The summed E-state index contributed by atoms with van der Waals surface area (Å²) in [7, 11) is 2.19. The maximum Gasteiger partial charge on any atom is 0.221 e. The lowest BCUT2D eigenvalue weighted by atomic mass is 9.93. The molecular formula is C17H27N3O. The fourth-order valence-corrected chi connectivity index (χ4v) is 3.11. The van der Waals surface area contributed by atoms with Crippen molar-refractivity contribution in [3.63, 3.8) is 0 Å². The van der Waals surface area contributed by atoms with Crippen LogP contribution in [-0.4, -0.2) is 37.0 Å². The third kappa shape index (κ3) is 4.55. The zero-order valence-corrected chi connectivity index (χ0v) is 13.5. The monoisotopic (exact) mass is 289 g/mol. The molecule has 21 heavy (non-hydrogen) atoms. The largest absolute Gasteiger partial charge is 0.326 e. The summed E-state index contributed by atoms with van der Waals surface area (Å²) in [4.78, 5) is 13.5. The topological polar surface area (TPSA) is 44.4 Å². The predicted octanol–water partition coefficient (Wildman–Crippen LogP) is 2.64. The van der Waals surface area contributed by atoms with Gasteiger partial charge in [-0.1, -0.05) is 19.1 Å². The number of piperidine rings is 1. The van der Waals surface area contributed by atoms with E-state index in [0.29, 0.717) is 12.0 Å². The Bertz CT molecular complexity index is 489. The first kappa shape index (κ1) is 16.0. The first-order valence-corrected chi connectivity index (χ1v) is 7.78. The predicted molar refractivity (Wildman–Crippen MR) is 87.4 cm³/mol. The molecule has 0 saturated carbocycles. The van der Waals surface area contributed by atoms with Crippen molar-refractivity contribution in [2.75, 3.05) is 25.5 Å². The summed E-state index contributed by atoms with van der Waals surface area (Å²) in [5.41, 5.74) is 2.08. The Morgan fingerprint density at radius 2 is 2.19 bits per heavy atom. The minimum atomic E-state index is -0.0308. The van der Waals surface area contributed by atoms with Crippen LogP contribution in [-0.2, 0) is 4.79 Å². The molecular weight excluding hydrogens is 262 g/mol. The van der Waals surface area contributed by atoms with Crippen molar-refractivity contribution in [3.8, 4) is 0 Å². The molecule has 4 nitrogen and oxygen atoms in total. The van der Waals surface area contributed by atoms with Crippen LogP contribution in [0.25, 0.3) is 0 Å². The first-order chi connectivity index (χ1) is 9.95. The molecule has 116 valence electrons. The van der Waals surface area contributed by atoms with Gasteiger partial charge in [0.05, 0.1) is 0 Å². The number of nitrogens with zero attached hydrogens (tertiary/aromatic N) is 1. The molecule has 2 N–H and O–H groups in total. The maximum atomic E-state index is 11.2. The van der Waals surface area contributed by atoms with Crippen LogP contribution in [0.2, 0.25) is 0 Å². The van der Waals surface area contributed by atoms with Gasteiger partial charge >= 0.3 is 0 Å². The Balaban J connectivity index is 1.99. The van der Waals surface area contributed by atoms with E-state index in [1.165, 1.54) is 18.9 Å². The SMILES string of the molecule is CC(=O)Nc1cccc(C(C)NC2CCN(C)CC2C)c1. The normalized spacial score (nSPS) is 24.6. The summed E-state index contributed by atoms with van der Waals surface area (Å²) in [6.45, 7) is 8.34. The van der Waals surface area contributed by atoms with Gasteiger partial charge in [0.25, 0.3) is 0 Å². The van der Waals surface area contributed by atoms with Crippen LogP contribution in [0.15, 0.2) is 24.3 Å². The lowest BCUT2D eigenvalue weighted by Crippen LogP contribution is -2.47. The first-order valence-electron chi connectivity index (χ1n) is 7.78. The van der Waals surface area contributed by atoms with Gasteiger partial charge in [0.2, 0.25) is 5.91 Å². The Labute approximate surface area is 127 Å². The van der Waals surface area contributed by atoms with Crippen LogP contribution in [0.1, 0.15) is 38.8 Å². The number of rotatable bonds is 4. The quantitative estimate of drug-likeness (QED) is 0.895. The van der Waals surface area contributed by atoms with E-state index in [4.69, 9.17) is 0 Å². The zero-order valence-electron chi connectivity index (χ0n) is 13.5. The van der Waals surface area contributed by atoms with Gasteiger partial charge in [-0.25, -0.2) is 0 Å². The van der Waals surface area contributed by atoms with Crippen molar-refractivity contribution in [3.05, 3.63) is 29.8 Å². The molecule has 3 unspecified atom stereocenters. The van der Waals surface area contributed by atoms with Crippen LogP contribution in [0.5, 0.6) is 0 Å².